The number of unbranched alkanes of at least 4 members (excludes halogenated alkanes) is 1. The zero-order chi connectivity index (χ0) is 13.8. The molecule has 0 aliphatic rings. The molecule has 0 atom stereocenters. The third kappa shape index (κ3) is 3.34. The maximum Gasteiger partial charge on any atom is 0.348 e. The van der Waals surface area contributed by atoms with E-state index in [9.17, 15) is 4.79 Å². The second-order valence-electron chi connectivity index (χ2n) is 5.06. The predicted molar refractivity (Wildman–Crippen MR) is 77.6 cm³/mol. The number of aromatic nitrogens is 1. The Labute approximate surface area is 112 Å². The maximum atomic E-state index is 12.0. The molecule has 0 aliphatic carbocycles. The number of hydrogen-bond acceptors (Lipinski definition) is 4. The van der Waals surface area contributed by atoms with Gasteiger partial charge in [-0.05, 0) is 44.4 Å². The Morgan fingerprint density at radius 1 is 1.37 bits per heavy atom. The van der Waals surface area contributed by atoms with E-state index in [0.29, 0.717) is 10.9 Å². The van der Waals surface area contributed by atoms with E-state index in [1.165, 1.54) is 0 Å². The number of aryl methyl sites for hydroxylation is 1. The minimum absolute atomic E-state index is 0.178. The van der Waals surface area contributed by atoms with E-state index in [1.54, 1.807) is 0 Å². The molecule has 2 rings (SSSR count). The van der Waals surface area contributed by atoms with Gasteiger partial charge in [0.05, 0.1) is 10.9 Å². The molecule has 1 aromatic carbocycles. The summed E-state index contributed by atoms with van der Waals surface area (Å²) in [4.78, 5) is 16.3. The van der Waals surface area contributed by atoms with Gasteiger partial charge in [-0.1, -0.05) is 19.4 Å². The van der Waals surface area contributed by atoms with Gasteiger partial charge in [0.1, 0.15) is 0 Å². The number of rotatable bonds is 5. The molecule has 0 amide bonds. The molecule has 19 heavy (non-hydrogen) atoms. The quantitative estimate of drug-likeness (QED) is 0.895. The highest BCUT2D eigenvalue weighted by atomic mass is 16.4. The Balaban J connectivity index is 2.39. The Morgan fingerprint density at radius 2 is 2.16 bits per heavy atom. The number of nitrogens with one attached hydrogen (secondary N) is 1. The van der Waals surface area contributed by atoms with Crippen molar-refractivity contribution in [1.29, 1.82) is 0 Å². The van der Waals surface area contributed by atoms with Crippen molar-refractivity contribution in [1.82, 2.24) is 4.98 Å². The molecule has 0 fully saturated rings. The van der Waals surface area contributed by atoms with Gasteiger partial charge >= 0.3 is 5.63 Å². The molecular weight excluding hydrogens is 240 g/mol. The third-order valence-electron chi connectivity index (χ3n) is 2.92. The molecule has 102 valence electrons. The average Bonchev–Trinajstić information content (AvgIpc) is 2.36. The normalized spacial score (nSPS) is 11.2. The van der Waals surface area contributed by atoms with Crippen LogP contribution in [0.5, 0.6) is 0 Å². The van der Waals surface area contributed by atoms with Crippen LogP contribution in [0.3, 0.4) is 0 Å². The first-order valence-corrected chi connectivity index (χ1v) is 6.80. The van der Waals surface area contributed by atoms with Crippen LogP contribution in [0.4, 0.5) is 6.01 Å². The van der Waals surface area contributed by atoms with Gasteiger partial charge in [0.2, 0.25) is 0 Å². The van der Waals surface area contributed by atoms with Crippen LogP contribution in [0.15, 0.2) is 27.4 Å². The fraction of sp³-hybridized carbons (Fsp3) is 0.467. The van der Waals surface area contributed by atoms with E-state index >= 15 is 0 Å². The van der Waals surface area contributed by atoms with Crippen molar-refractivity contribution in [2.75, 3.05) is 5.32 Å². The van der Waals surface area contributed by atoms with Gasteiger partial charge in [-0.2, -0.15) is 4.98 Å². The summed E-state index contributed by atoms with van der Waals surface area (Å²) in [6.07, 6.45) is 3.25. The van der Waals surface area contributed by atoms with Crippen LogP contribution in [0, 0.1) is 0 Å². The predicted octanol–water partition coefficient (Wildman–Crippen LogP) is 3.35. The van der Waals surface area contributed by atoms with Crippen LogP contribution in [0.25, 0.3) is 10.9 Å². The molecule has 0 unspecified atom stereocenters. The lowest BCUT2D eigenvalue weighted by Crippen LogP contribution is -2.14. The van der Waals surface area contributed by atoms with Crippen LogP contribution in [-0.4, -0.2) is 11.0 Å². The highest BCUT2D eigenvalue weighted by molar-refractivity contribution is 5.78. The fourth-order valence-electron chi connectivity index (χ4n) is 1.96. The number of nitrogens with zero attached hydrogens (tertiary/aromatic N) is 1. The molecule has 2 aromatic rings. The molecule has 4 nitrogen and oxygen atoms in total. The lowest BCUT2D eigenvalue weighted by atomic mass is 10.1. The van der Waals surface area contributed by atoms with Crippen LogP contribution >= 0.6 is 0 Å². The molecule has 0 bridgehead atoms. The van der Waals surface area contributed by atoms with Gasteiger partial charge in [0, 0.05) is 6.04 Å². The van der Waals surface area contributed by atoms with Crippen molar-refractivity contribution in [2.24, 2.45) is 0 Å². The van der Waals surface area contributed by atoms with E-state index in [2.05, 4.69) is 17.2 Å². The summed E-state index contributed by atoms with van der Waals surface area (Å²) in [6, 6.07) is 6.28. The Bertz CT molecular complexity index is 617. The maximum absolute atomic E-state index is 12.0. The molecule has 1 heterocycles. The second kappa shape index (κ2) is 5.87. The Hall–Kier alpha value is -1.84. The first-order chi connectivity index (χ1) is 9.10. The van der Waals surface area contributed by atoms with Gasteiger partial charge in [-0.25, -0.2) is 4.79 Å². The van der Waals surface area contributed by atoms with Crippen molar-refractivity contribution in [3.8, 4) is 0 Å². The molecular formula is C15H20N2O2. The summed E-state index contributed by atoms with van der Waals surface area (Å²) in [5.41, 5.74) is 1.51. The Morgan fingerprint density at radius 3 is 2.84 bits per heavy atom. The number of anilines is 1. The highest BCUT2D eigenvalue weighted by Crippen LogP contribution is 2.15. The summed E-state index contributed by atoms with van der Waals surface area (Å²) in [5.74, 6) is 0. The van der Waals surface area contributed by atoms with E-state index in [4.69, 9.17) is 4.42 Å². The largest absolute Gasteiger partial charge is 0.389 e. The first kappa shape index (κ1) is 13.6. The standard InChI is InChI=1S/C15H20N2O2/c1-4-5-6-11-7-8-13-12(9-11)14(18)19-15(17-13)16-10(2)3/h7-10H,4-6H2,1-3H3,(H,16,17). The molecule has 4 heteroatoms. The van der Waals surface area contributed by atoms with Gasteiger partial charge in [0.15, 0.2) is 0 Å². The van der Waals surface area contributed by atoms with Crippen LogP contribution in [-0.2, 0) is 6.42 Å². The molecule has 0 spiro atoms. The minimum Gasteiger partial charge on any atom is -0.389 e. The first-order valence-electron chi connectivity index (χ1n) is 6.80. The topological polar surface area (TPSA) is 55.1 Å². The number of fused-ring (bicyclic) bond motifs is 1. The molecule has 1 aromatic heterocycles. The monoisotopic (exact) mass is 260 g/mol. The van der Waals surface area contributed by atoms with E-state index in [-0.39, 0.29) is 17.7 Å². The van der Waals surface area contributed by atoms with Crippen molar-refractivity contribution >= 4 is 16.9 Å². The summed E-state index contributed by atoms with van der Waals surface area (Å²) in [6.45, 7) is 6.10. The van der Waals surface area contributed by atoms with Crippen molar-refractivity contribution in [3.63, 3.8) is 0 Å². The molecule has 0 radical (unpaired) electrons. The van der Waals surface area contributed by atoms with E-state index in [0.717, 1.165) is 24.8 Å². The number of hydrogen-bond donors (Lipinski definition) is 1. The van der Waals surface area contributed by atoms with Crippen LogP contribution < -0.4 is 10.9 Å². The SMILES string of the molecule is CCCCc1ccc2nc(NC(C)C)oc(=O)c2c1. The van der Waals surface area contributed by atoms with Gasteiger partial charge in [-0.15, -0.1) is 0 Å². The average molecular weight is 260 g/mol. The summed E-state index contributed by atoms with van der Waals surface area (Å²) in [7, 11) is 0. The minimum atomic E-state index is -0.327. The van der Waals surface area contributed by atoms with Crippen molar-refractivity contribution in [2.45, 2.75) is 46.1 Å². The fourth-order valence-corrected chi connectivity index (χ4v) is 1.96. The Kier molecular flexibility index (Phi) is 4.20. The van der Waals surface area contributed by atoms with Crippen LogP contribution in [0.1, 0.15) is 39.2 Å². The zero-order valence-corrected chi connectivity index (χ0v) is 11.7. The van der Waals surface area contributed by atoms with Gasteiger partial charge in [0.25, 0.3) is 6.01 Å². The van der Waals surface area contributed by atoms with E-state index < -0.39 is 0 Å². The highest BCUT2D eigenvalue weighted by Gasteiger charge is 2.07. The lowest BCUT2D eigenvalue weighted by molar-refractivity contribution is 0.511. The van der Waals surface area contributed by atoms with E-state index in [1.807, 2.05) is 32.0 Å². The van der Waals surface area contributed by atoms with Gasteiger partial charge < -0.3 is 9.73 Å². The van der Waals surface area contributed by atoms with Crippen LogP contribution in [0.2, 0.25) is 0 Å². The molecule has 0 aliphatic heterocycles. The third-order valence-corrected chi connectivity index (χ3v) is 2.92. The summed E-state index contributed by atoms with van der Waals surface area (Å²) >= 11 is 0. The van der Waals surface area contributed by atoms with Crippen molar-refractivity contribution in [3.05, 3.63) is 34.2 Å². The molecule has 0 saturated carbocycles. The lowest BCUT2D eigenvalue weighted by Gasteiger charge is -2.08. The van der Waals surface area contributed by atoms with Gasteiger partial charge in [-0.3, -0.25) is 0 Å². The summed E-state index contributed by atoms with van der Waals surface area (Å²) in [5, 5.41) is 3.57. The molecule has 1 N–H and O–H groups in total. The van der Waals surface area contributed by atoms with Crippen molar-refractivity contribution < 1.29 is 4.42 Å². The summed E-state index contributed by atoms with van der Waals surface area (Å²) < 4.78 is 5.18. The second-order valence-corrected chi connectivity index (χ2v) is 5.06. The smallest absolute Gasteiger partial charge is 0.348 e. The zero-order valence-electron chi connectivity index (χ0n) is 11.7. The number of benzene rings is 1. The molecule has 0 saturated heterocycles.